The summed E-state index contributed by atoms with van der Waals surface area (Å²) < 4.78 is 18.5. The van der Waals surface area contributed by atoms with Crippen molar-refractivity contribution in [3.05, 3.63) is 29.6 Å². The van der Waals surface area contributed by atoms with Crippen molar-refractivity contribution in [2.45, 2.75) is 13.0 Å². The summed E-state index contributed by atoms with van der Waals surface area (Å²) in [6, 6.07) is 4.31. The van der Waals surface area contributed by atoms with Gasteiger partial charge in [0, 0.05) is 12.7 Å². The van der Waals surface area contributed by atoms with E-state index in [-0.39, 0.29) is 12.2 Å². The molecule has 1 aromatic rings. The second kappa shape index (κ2) is 6.74. The molecule has 4 nitrogen and oxygen atoms in total. The van der Waals surface area contributed by atoms with Gasteiger partial charge in [-0.15, -0.1) is 0 Å². The van der Waals surface area contributed by atoms with Crippen LogP contribution in [0.2, 0.25) is 0 Å². The molecule has 1 rings (SSSR count). The third kappa shape index (κ3) is 3.84. The maximum Gasteiger partial charge on any atom is 0.253 e. The van der Waals surface area contributed by atoms with Gasteiger partial charge in [-0.25, -0.2) is 4.39 Å². The monoisotopic (exact) mass is 250 g/mol. The van der Waals surface area contributed by atoms with Crippen LogP contribution in [-0.2, 0) is 9.53 Å². The van der Waals surface area contributed by atoms with Gasteiger partial charge in [-0.1, -0.05) is 11.8 Å². The first-order chi connectivity index (χ1) is 8.58. The molecule has 0 saturated heterocycles. The molecule has 3 N–H and O–H groups in total. The van der Waals surface area contributed by atoms with Gasteiger partial charge in [0.25, 0.3) is 5.91 Å². The highest BCUT2D eigenvalue weighted by atomic mass is 19.1. The summed E-state index contributed by atoms with van der Waals surface area (Å²) in [5.41, 5.74) is 5.83. The number of hydrogen-bond acceptors (Lipinski definition) is 3. The van der Waals surface area contributed by atoms with Gasteiger partial charge in [0.05, 0.1) is 12.2 Å². The number of halogens is 1. The highest BCUT2D eigenvalue weighted by Crippen LogP contribution is 2.15. The Bertz CT molecular complexity index is 491. The second-order valence-electron chi connectivity index (χ2n) is 3.57. The Hall–Kier alpha value is -1.90. The Morgan fingerprint density at radius 2 is 2.33 bits per heavy atom. The van der Waals surface area contributed by atoms with Crippen molar-refractivity contribution in [1.82, 2.24) is 0 Å². The molecule has 0 saturated carbocycles. The van der Waals surface area contributed by atoms with Crippen LogP contribution in [0.25, 0.3) is 0 Å². The van der Waals surface area contributed by atoms with Crippen LogP contribution in [0.1, 0.15) is 12.5 Å². The van der Waals surface area contributed by atoms with Crippen molar-refractivity contribution in [2.75, 3.05) is 19.0 Å². The van der Waals surface area contributed by atoms with E-state index in [1.54, 1.807) is 13.0 Å². The first kappa shape index (κ1) is 14.2. The topological polar surface area (TPSA) is 64.3 Å². The number of amides is 1. The molecular weight excluding hydrogens is 235 g/mol. The first-order valence-electron chi connectivity index (χ1n) is 5.40. The van der Waals surface area contributed by atoms with Crippen LogP contribution in [0, 0.1) is 17.7 Å². The van der Waals surface area contributed by atoms with Gasteiger partial charge >= 0.3 is 0 Å². The van der Waals surface area contributed by atoms with Gasteiger partial charge in [0.1, 0.15) is 11.9 Å². The summed E-state index contributed by atoms with van der Waals surface area (Å²) in [6.45, 7) is 1.79. The maximum absolute atomic E-state index is 13.7. The van der Waals surface area contributed by atoms with Crippen LogP contribution in [0.5, 0.6) is 0 Å². The lowest BCUT2D eigenvalue weighted by atomic mass is 10.2. The summed E-state index contributed by atoms with van der Waals surface area (Å²) in [4.78, 5) is 11.5. The number of benzene rings is 1. The highest BCUT2D eigenvalue weighted by Gasteiger charge is 2.13. The Labute approximate surface area is 105 Å². The fraction of sp³-hybridized carbons (Fsp3) is 0.308. The van der Waals surface area contributed by atoms with Crippen molar-refractivity contribution in [3.63, 3.8) is 0 Å². The fourth-order valence-electron chi connectivity index (χ4n) is 1.19. The number of nitrogens with one attached hydrogen (secondary N) is 1. The molecule has 96 valence electrons. The van der Waals surface area contributed by atoms with Gasteiger partial charge in [-0.3, -0.25) is 4.79 Å². The van der Waals surface area contributed by atoms with E-state index >= 15 is 0 Å². The molecule has 1 unspecified atom stereocenters. The summed E-state index contributed by atoms with van der Waals surface area (Å²) in [5, 5.41) is 2.43. The third-order valence-electron chi connectivity index (χ3n) is 2.28. The Balaban J connectivity index is 2.83. The summed E-state index contributed by atoms with van der Waals surface area (Å²) in [5.74, 6) is 4.38. The number of carbonyl (C=O) groups excluding carboxylic acids is 1. The smallest absolute Gasteiger partial charge is 0.253 e. The molecule has 1 amide bonds. The molecule has 0 aliphatic heterocycles. The zero-order chi connectivity index (χ0) is 13.5. The molecule has 0 aliphatic carbocycles. The molecule has 0 bridgehead atoms. The van der Waals surface area contributed by atoms with Gasteiger partial charge in [0.2, 0.25) is 0 Å². The van der Waals surface area contributed by atoms with E-state index in [2.05, 4.69) is 17.2 Å². The largest absolute Gasteiger partial charge is 0.372 e. The lowest BCUT2D eigenvalue weighted by Crippen LogP contribution is -2.26. The third-order valence-corrected chi connectivity index (χ3v) is 2.28. The van der Waals surface area contributed by atoms with Crippen LogP contribution in [0.4, 0.5) is 10.1 Å². The minimum atomic E-state index is -0.638. The SMILES string of the molecule is COC(C)C(=O)Nc1ccc(C#CCN)cc1F. The Kier molecular flexibility index (Phi) is 5.31. The van der Waals surface area contributed by atoms with E-state index in [1.165, 1.54) is 19.2 Å². The molecule has 0 radical (unpaired) electrons. The Morgan fingerprint density at radius 1 is 1.61 bits per heavy atom. The predicted octanol–water partition coefficient (Wildman–Crippen LogP) is 1.11. The average molecular weight is 250 g/mol. The van der Waals surface area contributed by atoms with Gasteiger partial charge in [-0.05, 0) is 25.1 Å². The van der Waals surface area contributed by atoms with Crippen molar-refractivity contribution < 1.29 is 13.9 Å². The molecular formula is C13H15FN2O2. The molecule has 0 spiro atoms. The normalized spacial score (nSPS) is 11.3. The maximum atomic E-state index is 13.7. The lowest BCUT2D eigenvalue weighted by Gasteiger charge is -2.11. The van der Waals surface area contributed by atoms with Crippen LogP contribution in [0.3, 0.4) is 0 Å². The van der Waals surface area contributed by atoms with E-state index in [4.69, 9.17) is 10.5 Å². The Morgan fingerprint density at radius 3 is 2.89 bits per heavy atom. The summed E-state index contributed by atoms with van der Waals surface area (Å²) in [6.07, 6.45) is -0.638. The van der Waals surface area contributed by atoms with Gasteiger partial charge in [0.15, 0.2) is 0 Å². The number of rotatable bonds is 3. The van der Waals surface area contributed by atoms with Crippen LogP contribution < -0.4 is 11.1 Å². The van der Waals surface area contributed by atoms with E-state index in [0.717, 1.165) is 0 Å². The van der Waals surface area contributed by atoms with E-state index < -0.39 is 17.8 Å². The minimum Gasteiger partial charge on any atom is -0.372 e. The quantitative estimate of drug-likeness (QED) is 0.790. The number of nitrogens with two attached hydrogens (primary N) is 1. The van der Waals surface area contributed by atoms with E-state index in [9.17, 15) is 9.18 Å². The lowest BCUT2D eigenvalue weighted by molar-refractivity contribution is -0.124. The van der Waals surface area contributed by atoms with Crippen molar-refractivity contribution in [1.29, 1.82) is 0 Å². The molecule has 1 aromatic carbocycles. The van der Waals surface area contributed by atoms with Crippen molar-refractivity contribution in [2.24, 2.45) is 5.73 Å². The number of anilines is 1. The fourth-order valence-corrected chi connectivity index (χ4v) is 1.19. The van der Waals surface area contributed by atoms with Crippen LogP contribution in [-0.4, -0.2) is 25.7 Å². The summed E-state index contributed by atoms with van der Waals surface area (Å²) >= 11 is 0. The van der Waals surface area contributed by atoms with Gasteiger partial charge in [-0.2, -0.15) is 0 Å². The zero-order valence-corrected chi connectivity index (χ0v) is 10.3. The molecule has 0 fully saturated rings. The van der Waals surface area contributed by atoms with Crippen molar-refractivity contribution >= 4 is 11.6 Å². The van der Waals surface area contributed by atoms with Crippen LogP contribution >= 0.6 is 0 Å². The first-order valence-corrected chi connectivity index (χ1v) is 5.40. The predicted molar refractivity (Wildman–Crippen MR) is 67.4 cm³/mol. The highest BCUT2D eigenvalue weighted by molar-refractivity contribution is 5.94. The second-order valence-corrected chi connectivity index (χ2v) is 3.57. The molecule has 0 aromatic heterocycles. The van der Waals surface area contributed by atoms with E-state index in [0.29, 0.717) is 5.56 Å². The number of hydrogen-bond donors (Lipinski definition) is 2. The van der Waals surface area contributed by atoms with E-state index in [1.807, 2.05) is 0 Å². The van der Waals surface area contributed by atoms with Crippen molar-refractivity contribution in [3.8, 4) is 11.8 Å². The molecule has 5 heteroatoms. The molecule has 0 aliphatic rings. The van der Waals surface area contributed by atoms with Crippen LogP contribution in [0.15, 0.2) is 18.2 Å². The summed E-state index contributed by atoms with van der Waals surface area (Å²) in [7, 11) is 1.41. The zero-order valence-electron chi connectivity index (χ0n) is 10.3. The number of methoxy groups -OCH3 is 1. The molecule has 18 heavy (non-hydrogen) atoms. The molecule has 1 atom stereocenters. The standard InChI is InChI=1S/C13H15FN2O2/c1-9(18-2)13(17)16-12-6-5-10(4-3-7-15)8-11(12)14/h5-6,8-9H,7,15H2,1-2H3,(H,16,17). The minimum absolute atomic E-state index is 0.0993. The molecule has 0 heterocycles. The number of carbonyl (C=O) groups is 1. The number of ether oxygens (including phenoxy) is 1. The average Bonchev–Trinajstić information content (AvgIpc) is 2.38. The van der Waals surface area contributed by atoms with Gasteiger partial charge < -0.3 is 15.8 Å².